The van der Waals surface area contributed by atoms with Crippen molar-refractivity contribution in [2.75, 3.05) is 18.0 Å². The zero-order valence-corrected chi connectivity index (χ0v) is 8.40. The van der Waals surface area contributed by atoms with Gasteiger partial charge in [-0.25, -0.2) is 4.79 Å². The molecule has 1 atom stereocenters. The highest BCUT2D eigenvalue weighted by atomic mass is 16.2. The first-order valence-electron chi connectivity index (χ1n) is 5.33. The van der Waals surface area contributed by atoms with Gasteiger partial charge in [0.05, 0.1) is 0 Å². The fourth-order valence-electron chi connectivity index (χ4n) is 2.63. The van der Waals surface area contributed by atoms with Crippen LogP contribution >= 0.6 is 0 Å². The van der Waals surface area contributed by atoms with Crippen molar-refractivity contribution >= 4 is 5.82 Å². The molecule has 1 fully saturated rings. The van der Waals surface area contributed by atoms with Gasteiger partial charge in [-0.15, -0.1) is 0 Å². The molecule has 2 aliphatic rings. The lowest BCUT2D eigenvalue weighted by Crippen LogP contribution is -2.48. The SMILES string of the molecule is O=c1cc2n(c(=O)[nH]1)C[C@H]1CCCN2C1. The van der Waals surface area contributed by atoms with E-state index in [0.717, 1.165) is 31.9 Å². The van der Waals surface area contributed by atoms with Crippen molar-refractivity contribution in [3.05, 3.63) is 26.9 Å². The Balaban J connectivity index is 2.21. The first kappa shape index (κ1) is 8.76. The third-order valence-corrected chi connectivity index (χ3v) is 3.30. The van der Waals surface area contributed by atoms with Crippen molar-refractivity contribution in [3.63, 3.8) is 0 Å². The fourth-order valence-corrected chi connectivity index (χ4v) is 2.63. The summed E-state index contributed by atoms with van der Waals surface area (Å²) in [5.74, 6) is 1.36. The Bertz CT molecular complexity index is 502. The minimum atomic E-state index is -0.296. The maximum atomic E-state index is 11.6. The van der Waals surface area contributed by atoms with Crippen molar-refractivity contribution in [3.8, 4) is 0 Å². The fraction of sp³-hybridized carbons (Fsp3) is 0.600. The van der Waals surface area contributed by atoms with Crippen LogP contribution < -0.4 is 16.1 Å². The molecule has 15 heavy (non-hydrogen) atoms. The quantitative estimate of drug-likeness (QED) is 0.639. The zero-order valence-electron chi connectivity index (χ0n) is 8.40. The van der Waals surface area contributed by atoms with E-state index in [1.807, 2.05) is 0 Å². The number of H-pyrrole nitrogens is 1. The van der Waals surface area contributed by atoms with E-state index < -0.39 is 0 Å². The van der Waals surface area contributed by atoms with Crippen LogP contribution in [0.25, 0.3) is 0 Å². The van der Waals surface area contributed by atoms with Crippen LogP contribution in [0.15, 0.2) is 15.7 Å². The summed E-state index contributed by atoms with van der Waals surface area (Å²) < 4.78 is 1.69. The Morgan fingerprint density at radius 3 is 3.07 bits per heavy atom. The standard InChI is InChI=1S/C10H13N3O2/c14-8-4-9-12-3-1-2-7(5-12)6-13(9)10(15)11-8/h4,7H,1-3,5-6H2,(H,11,14,15)/t7-/m0/s1. The average molecular weight is 207 g/mol. The summed E-state index contributed by atoms with van der Waals surface area (Å²) in [6, 6.07) is 1.53. The molecule has 3 rings (SSSR count). The maximum absolute atomic E-state index is 11.6. The van der Waals surface area contributed by atoms with Gasteiger partial charge < -0.3 is 4.90 Å². The molecule has 5 nitrogen and oxygen atoms in total. The van der Waals surface area contributed by atoms with Crippen molar-refractivity contribution in [1.29, 1.82) is 0 Å². The van der Waals surface area contributed by atoms with Gasteiger partial charge in [-0.2, -0.15) is 0 Å². The van der Waals surface area contributed by atoms with Crippen LogP contribution in [0.2, 0.25) is 0 Å². The minimum absolute atomic E-state index is 0.269. The number of fused-ring (bicyclic) bond motifs is 4. The topological polar surface area (TPSA) is 58.1 Å². The minimum Gasteiger partial charge on any atom is -0.357 e. The molecule has 80 valence electrons. The van der Waals surface area contributed by atoms with Gasteiger partial charge in [0.15, 0.2) is 0 Å². The molecule has 1 N–H and O–H groups in total. The lowest BCUT2D eigenvalue weighted by molar-refractivity contribution is 0.325. The lowest BCUT2D eigenvalue weighted by atomic mass is 9.96. The monoisotopic (exact) mass is 207 g/mol. The Morgan fingerprint density at radius 1 is 1.33 bits per heavy atom. The first-order valence-corrected chi connectivity index (χ1v) is 5.33. The van der Waals surface area contributed by atoms with Gasteiger partial charge in [-0.3, -0.25) is 14.3 Å². The third-order valence-electron chi connectivity index (χ3n) is 3.30. The molecule has 2 bridgehead atoms. The molecule has 0 saturated carbocycles. The second kappa shape index (κ2) is 2.98. The molecular formula is C10H13N3O2. The average Bonchev–Trinajstić information content (AvgIpc) is 2.21. The van der Waals surface area contributed by atoms with Gasteiger partial charge in [0.1, 0.15) is 5.82 Å². The van der Waals surface area contributed by atoms with Crippen LogP contribution in [0, 0.1) is 5.92 Å². The Morgan fingerprint density at radius 2 is 2.20 bits per heavy atom. The van der Waals surface area contributed by atoms with E-state index in [4.69, 9.17) is 0 Å². The van der Waals surface area contributed by atoms with Gasteiger partial charge in [0.2, 0.25) is 0 Å². The second-order valence-corrected chi connectivity index (χ2v) is 4.36. The summed E-state index contributed by atoms with van der Waals surface area (Å²) in [6.45, 7) is 2.70. The van der Waals surface area contributed by atoms with Crippen molar-refractivity contribution in [2.45, 2.75) is 19.4 Å². The normalized spacial score (nSPS) is 23.7. The summed E-state index contributed by atoms with van der Waals surface area (Å²) in [5, 5.41) is 0. The molecule has 0 aromatic carbocycles. The van der Waals surface area contributed by atoms with Crippen LogP contribution in [0.1, 0.15) is 12.8 Å². The largest absolute Gasteiger partial charge is 0.357 e. The van der Waals surface area contributed by atoms with E-state index in [-0.39, 0.29) is 11.2 Å². The highest BCUT2D eigenvalue weighted by molar-refractivity contribution is 5.40. The molecule has 0 aliphatic carbocycles. The van der Waals surface area contributed by atoms with Crippen molar-refractivity contribution in [1.82, 2.24) is 9.55 Å². The number of nitrogens with zero attached hydrogens (tertiary/aromatic N) is 2. The first-order chi connectivity index (χ1) is 7.24. The Kier molecular flexibility index (Phi) is 1.74. The summed E-state index contributed by atoms with van der Waals surface area (Å²) in [5.41, 5.74) is -0.565. The summed E-state index contributed by atoms with van der Waals surface area (Å²) in [7, 11) is 0. The van der Waals surface area contributed by atoms with Crippen molar-refractivity contribution in [2.24, 2.45) is 5.92 Å². The maximum Gasteiger partial charge on any atom is 0.329 e. The van der Waals surface area contributed by atoms with E-state index in [9.17, 15) is 9.59 Å². The molecule has 3 heterocycles. The predicted octanol–water partition coefficient (Wildman–Crippen LogP) is -0.233. The van der Waals surface area contributed by atoms with E-state index in [1.54, 1.807) is 4.57 Å². The molecule has 0 radical (unpaired) electrons. The molecule has 1 aromatic rings. The number of aromatic nitrogens is 2. The Labute approximate surface area is 86.3 Å². The highest BCUT2D eigenvalue weighted by Gasteiger charge is 2.28. The van der Waals surface area contributed by atoms with E-state index in [1.165, 1.54) is 12.5 Å². The number of nitrogens with one attached hydrogen (secondary N) is 1. The third kappa shape index (κ3) is 1.30. The molecule has 0 spiro atoms. The number of hydrogen-bond donors (Lipinski definition) is 1. The zero-order chi connectivity index (χ0) is 10.4. The molecule has 0 unspecified atom stereocenters. The number of rotatable bonds is 0. The smallest absolute Gasteiger partial charge is 0.329 e. The van der Waals surface area contributed by atoms with Crippen molar-refractivity contribution < 1.29 is 0 Å². The summed E-state index contributed by atoms with van der Waals surface area (Å²) in [4.78, 5) is 27.3. The van der Waals surface area contributed by atoms with Crippen LogP contribution in [0.3, 0.4) is 0 Å². The molecule has 1 saturated heterocycles. The number of anilines is 1. The van der Waals surface area contributed by atoms with Crippen LogP contribution in [0.5, 0.6) is 0 Å². The molecule has 0 amide bonds. The number of piperidine rings is 1. The van der Waals surface area contributed by atoms with E-state index >= 15 is 0 Å². The van der Waals surface area contributed by atoms with E-state index in [2.05, 4.69) is 9.88 Å². The van der Waals surface area contributed by atoms with Gasteiger partial charge in [-0.05, 0) is 18.8 Å². The molecular weight excluding hydrogens is 194 g/mol. The molecule has 2 aliphatic heterocycles. The molecule has 1 aromatic heterocycles. The summed E-state index contributed by atoms with van der Waals surface area (Å²) >= 11 is 0. The van der Waals surface area contributed by atoms with Gasteiger partial charge in [0.25, 0.3) is 5.56 Å². The molecule has 5 heteroatoms. The van der Waals surface area contributed by atoms with Gasteiger partial charge >= 0.3 is 5.69 Å². The second-order valence-electron chi connectivity index (χ2n) is 4.36. The van der Waals surface area contributed by atoms with Gasteiger partial charge in [-0.1, -0.05) is 0 Å². The van der Waals surface area contributed by atoms with Crippen LogP contribution in [-0.2, 0) is 6.54 Å². The number of hydrogen-bond acceptors (Lipinski definition) is 3. The van der Waals surface area contributed by atoms with Gasteiger partial charge in [0, 0.05) is 25.7 Å². The van der Waals surface area contributed by atoms with Crippen LogP contribution in [0.4, 0.5) is 5.82 Å². The number of aromatic amines is 1. The van der Waals surface area contributed by atoms with Crippen LogP contribution in [-0.4, -0.2) is 22.6 Å². The Hall–Kier alpha value is -1.52. The lowest BCUT2D eigenvalue weighted by Gasteiger charge is -2.40. The predicted molar refractivity (Wildman–Crippen MR) is 56.3 cm³/mol. The highest BCUT2D eigenvalue weighted by Crippen LogP contribution is 2.27. The summed E-state index contributed by atoms with van der Waals surface area (Å²) in [6.07, 6.45) is 2.34. The van der Waals surface area contributed by atoms with E-state index in [0.29, 0.717) is 5.92 Å².